The number of hydrogen-bond acceptors (Lipinski definition) is 5. The van der Waals surface area contributed by atoms with Gasteiger partial charge < -0.3 is 14.4 Å². The summed E-state index contributed by atoms with van der Waals surface area (Å²) in [4.78, 5) is 15.5. The summed E-state index contributed by atoms with van der Waals surface area (Å²) >= 11 is 0. The van der Waals surface area contributed by atoms with Crippen LogP contribution in [0.1, 0.15) is 43.7 Å². The van der Waals surface area contributed by atoms with E-state index in [1.807, 2.05) is 23.1 Å². The van der Waals surface area contributed by atoms with Gasteiger partial charge in [-0.1, -0.05) is 6.07 Å². The maximum atomic E-state index is 13.6. The first-order chi connectivity index (χ1) is 16.4. The lowest BCUT2D eigenvalue weighted by molar-refractivity contribution is -0.137. The van der Waals surface area contributed by atoms with Crippen molar-refractivity contribution in [3.05, 3.63) is 53.8 Å². The summed E-state index contributed by atoms with van der Waals surface area (Å²) in [7, 11) is -3.78. The van der Waals surface area contributed by atoms with Gasteiger partial charge in [0.05, 0.1) is 30.1 Å². The molecule has 0 radical (unpaired) electrons. The minimum atomic E-state index is -3.78. The maximum Gasteiger partial charge on any atom is 0.243 e. The number of rotatable bonds is 4. The second-order valence-electron chi connectivity index (χ2n) is 9.10. The smallest absolute Gasteiger partial charge is 0.243 e. The Kier molecular flexibility index (Phi) is 6.48. The first kappa shape index (κ1) is 23.1. The normalized spacial score (nSPS) is 23.5. The number of sulfonamides is 1. The van der Waals surface area contributed by atoms with Crippen molar-refractivity contribution in [1.29, 1.82) is 0 Å². The van der Waals surface area contributed by atoms with E-state index in [1.54, 1.807) is 0 Å². The van der Waals surface area contributed by atoms with Crippen LogP contribution in [0.4, 0.5) is 4.39 Å². The molecule has 3 heterocycles. The van der Waals surface area contributed by atoms with Crippen LogP contribution >= 0.6 is 0 Å². The lowest BCUT2D eigenvalue weighted by Crippen LogP contribution is -2.46. The maximum absolute atomic E-state index is 13.6. The third-order valence-electron chi connectivity index (χ3n) is 6.88. The fourth-order valence-corrected chi connectivity index (χ4v) is 6.64. The molecule has 7 nitrogen and oxygen atoms in total. The van der Waals surface area contributed by atoms with Crippen molar-refractivity contribution >= 4 is 15.9 Å². The second kappa shape index (κ2) is 9.54. The van der Waals surface area contributed by atoms with Gasteiger partial charge >= 0.3 is 0 Å². The largest absolute Gasteiger partial charge is 0.490 e. The van der Waals surface area contributed by atoms with Crippen LogP contribution in [-0.2, 0) is 14.8 Å². The fraction of sp³-hybridized carbons (Fsp3) is 0.480. The summed E-state index contributed by atoms with van der Waals surface area (Å²) in [6, 6.07) is 10.7. The number of likely N-dealkylation sites (tertiary alicyclic amines) is 1. The third-order valence-corrected chi connectivity index (χ3v) is 8.76. The number of piperidine rings is 1. The number of carbonyl (C=O) groups excluding carboxylic acids is 1. The van der Waals surface area contributed by atoms with E-state index in [-0.39, 0.29) is 23.4 Å². The van der Waals surface area contributed by atoms with E-state index in [0.717, 1.165) is 42.7 Å². The van der Waals surface area contributed by atoms with E-state index < -0.39 is 21.8 Å². The van der Waals surface area contributed by atoms with Gasteiger partial charge in [0.15, 0.2) is 11.5 Å². The van der Waals surface area contributed by atoms with Crippen molar-refractivity contribution in [2.24, 2.45) is 5.92 Å². The van der Waals surface area contributed by atoms with Gasteiger partial charge in [-0.25, -0.2) is 12.8 Å². The Labute approximate surface area is 199 Å². The van der Waals surface area contributed by atoms with Crippen molar-refractivity contribution in [2.75, 3.05) is 32.8 Å². The summed E-state index contributed by atoms with van der Waals surface area (Å²) < 4.78 is 52.4. The molecule has 2 unspecified atom stereocenters. The molecule has 3 aliphatic rings. The molecule has 3 aliphatic heterocycles. The summed E-state index contributed by atoms with van der Waals surface area (Å²) in [6.45, 7) is 2.38. The molecule has 2 saturated heterocycles. The van der Waals surface area contributed by atoms with Crippen molar-refractivity contribution in [2.45, 2.75) is 43.0 Å². The molecule has 1 amide bonds. The molecule has 2 aromatic rings. The fourth-order valence-electron chi connectivity index (χ4n) is 5.12. The van der Waals surface area contributed by atoms with E-state index in [4.69, 9.17) is 9.47 Å². The molecule has 2 aromatic carbocycles. The first-order valence-electron chi connectivity index (χ1n) is 11.9. The topological polar surface area (TPSA) is 76.2 Å². The number of ether oxygens (including phenoxy) is 2. The van der Waals surface area contributed by atoms with Crippen LogP contribution < -0.4 is 9.47 Å². The molecule has 34 heavy (non-hydrogen) atoms. The molecule has 0 aromatic heterocycles. The number of nitrogens with zero attached hydrogens (tertiary/aromatic N) is 2. The average molecular weight is 489 g/mol. The first-order valence-corrected chi connectivity index (χ1v) is 13.3. The predicted molar refractivity (Wildman–Crippen MR) is 124 cm³/mol. The van der Waals surface area contributed by atoms with Gasteiger partial charge in [0.2, 0.25) is 15.9 Å². The lowest BCUT2D eigenvalue weighted by Gasteiger charge is -2.35. The van der Waals surface area contributed by atoms with Crippen molar-refractivity contribution in [3.63, 3.8) is 0 Å². The van der Waals surface area contributed by atoms with Gasteiger partial charge in [0, 0.05) is 26.1 Å². The zero-order valence-electron chi connectivity index (χ0n) is 19.0. The van der Waals surface area contributed by atoms with E-state index in [9.17, 15) is 17.6 Å². The van der Waals surface area contributed by atoms with E-state index in [1.165, 1.54) is 16.4 Å². The Morgan fingerprint density at radius 2 is 1.65 bits per heavy atom. The highest BCUT2D eigenvalue weighted by Gasteiger charge is 2.39. The molecule has 0 bridgehead atoms. The Morgan fingerprint density at radius 1 is 0.912 bits per heavy atom. The minimum Gasteiger partial charge on any atom is -0.490 e. The van der Waals surface area contributed by atoms with Crippen LogP contribution in [0.5, 0.6) is 11.5 Å². The van der Waals surface area contributed by atoms with Crippen molar-refractivity contribution in [3.8, 4) is 11.5 Å². The lowest BCUT2D eigenvalue weighted by atomic mass is 9.96. The quantitative estimate of drug-likeness (QED) is 0.655. The number of carbonyl (C=O) groups is 1. The number of benzene rings is 2. The van der Waals surface area contributed by atoms with Crippen LogP contribution in [0.2, 0.25) is 0 Å². The van der Waals surface area contributed by atoms with Crippen molar-refractivity contribution < 1.29 is 27.1 Å². The molecule has 0 aliphatic carbocycles. The second-order valence-corrected chi connectivity index (χ2v) is 11.0. The number of halogens is 1. The SMILES string of the molecule is O=C(C1CCCN(S(=O)(=O)c2ccc(F)cc2)C1)N1CCCC1c1ccc2c(c1)OCCCO2. The average Bonchev–Trinajstić information content (AvgIpc) is 3.22. The zero-order chi connectivity index (χ0) is 23.7. The van der Waals surface area contributed by atoms with Crippen LogP contribution in [0.25, 0.3) is 0 Å². The zero-order valence-corrected chi connectivity index (χ0v) is 19.8. The summed E-state index contributed by atoms with van der Waals surface area (Å²) in [5.74, 6) is 0.550. The molecule has 2 atom stereocenters. The Morgan fingerprint density at radius 3 is 2.44 bits per heavy atom. The number of hydrogen-bond donors (Lipinski definition) is 0. The Bertz CT molecular complexity index is 1150. The van der Waals surface area contributed by atoms with E-state index in [2.05, 4.69) is 0 Å². The van der Waals surface area contributed by atoms with Gasteiger partial charge in [-0.3, -0.25) is 4.79 Å². The number of fused-ring (bicyclic) bond motifs is 1. The number of amides is 1. The molecule has 182 valence electrons. The van der Waals surface area contributed by atoms with Gasteiger partial charge in [-0.15, -0.1) is 0 Å². The molecule has 5 rings (SSSR count). The Hall–Kier alpha value is -2.65. The standard InChI is InChI=1S/C25H29FN2O5S/c26-20-7-9-21(10-8-20)34(30,31)27-12-1-4-19(17-27)25(29)28-13-2-5-22(28)18-6-11-23-24(16-18)33-15-3-14-32-23/h6-11,16,19,22H,1-5,12-15,17H2. The van der Waals surface area contributed by atoms with Crippen LogP contribution in [0, 0.1) is 11.7 Å². The monoisotopic (exact) mass is 488 g/mol. The van der Waals surface area contributed by atoms with Crippen molar-refractivity contribution in [1.82, 2.24) is 9.21 Å². The molecule has 0 saturated carbocycles. The van der Waals surface area contributed by atoms with Gasteiger partial charge in [-0.2, -0.15) is 4.31 Å². The highest BCUT2D eigenvalue weighted by Crippen LogP contribution is 2.39. The molecule has 0 N–H and O–H groups in total. The van der Waals surface area contributed by atoms with Gasteiger partial charge in [0.25, 0.3) is 0 Å². The predicted octanol–water partition coefficient (Wildman–Crippen LogP) is 3.75. The Balaban J connectivity index is 1.32. The van der Waals surface area contributed by atoms with Gasteiger partial charge in [0.1, 0.15) is 5.82 Å². The van der Waals surface area contributed by atoms with Crippen LogP contribution in [0.3, 0.4) is 0 Å². The van der Waals surface area contributed by atoms with Gasteiger partial charge in [-0.05, 0) is 67.6 Å². The molecule has 9 heteroatoms. The molecular weight excluding hydrogens is 459 g/mol. The highest BCUT2D eigenvalue weighted by atomic mass is 32.2. The summed E-state index contributed by atoms with van der Waals surface area (Å²) in [6.07, 6.45) is 3.85. The van der Waals surface area contributed by atoms with E-state index >= 15 is 0 Å². The molecule has 0 spiro atoms. The third kappa shape index (κ3) is 4.51. The minimum absolute atomic E-state index is 0.00591. The van der Waals surface area contributed by atoms with E-state index in [0.29, 0.717) is 44.9 Å². The molecule has 2 fully saturated rings. The highest BCUT2D eigenvalue weighted by molar-refractivity contribution is 7.89. The van der Waals surface area contributed by atoms with Crippen LogP contribution in [0.15, 0.2) is 47.4 Å². The summed E-state index contributed by atoms with van der Waals surface area (Å²) in [5, 5.41) is 0. The van der Waals surface area contributed by atoms with Crippen LogP contribution in [-0.4, -0.2) is 56.4 Å². The summed E-state index contributed by atoms with van der Waals surface area (Å²) in [5.41, 5.74) is 1.02. The molecular formula is C25H29FN2O5S.